The molecule has 18 heavy (non-hydrogen) atoms. The van der Waals surface area contributed by atoms with Crippen LogP contribution in [0.5, 0.6) is 11.5 Å². The van der Waals surface area contributed by atoms with Gasteiger partial charge in [0.05, 0.1) is 7.11 Å². The van der Waals surface area contributed by atoms with Crippen molar-refractivity contribution in [2.45, 2.75) is 32.7 Å². The van der Waals surface area contributed by atoms with Gasteiger partial charge in [0.25, 0.3) is 0 Å². The Morgan fingerprint density at radius 3 is 2.61 bits per heavy atom. The molecule has 5 heteroatoms. The first kappa shape index (κ1) is 14.3. The second-order valence-electron chi connectivity index (χ2n) is 4.33. The third kappa shape index (κ3) is 2.92. The van der Waals surface area contributed by atoms with Gasteiger partial charge in [0, 0.05) is 18.0 Å². The van der Waals surface area contributed by atoms with E-state index < -0.39 is 12.0 Å². The van der Waals surface area contributed by atoms with Crippen LogP contribution >= 0.6 is 0 Å². The van der Waals surface area contributed by atoms with Gasteiger partial charge in [-0.25, -0.2) is 0 Å². The molecule has 0 aliphatic heterocycles. The highest BCUT2D eigenvalue weighted by molar-refractivity contribution is 5.66. The number of carboxylic acid groups (broad SMARTS) is 1. The van der Waals surface area contributed by atoms with Gasteiger partial charge in [-0.1, -0.05) is 6.07 Å². The van der Waals surface area contributed by atoms with Crippen molar-refractivity contribution in [2.75, 3.05) is 7.11 Å². The molecule has 0 fully saturated rings. The number of carbonyl (C=O) groups is 1. The molecular formula is C13H19NO4. The zero-order valence-electron chi connectivity index (χ0n) is 10.9. The van der Waals surface area contributed by atoms with Crippen LogP contribution in [-0.2, 0) is 4.79 Å². The maximum absolute atomic E-state index is 10.5. The van der Waals surface area contributed by atoms with Gasteiger partial charge < -0.3 is 20.7 Å². The number of carboxylic acids is 1. The molecule has 1 atom stereocenters. The SMILES string of the molecule is COc1c(C(N)CCC(=O)O)cc(C)c(C)c1O. The molecule has 0 radical (unpaired) electrons. The summed E-state index contributed by atoms with van der Waals surface area (Å²) in [7, 11) is 1.46. The number of aromatic hydroxyl groups is 1. The van der Waals surface area contributed by atoms with Gasteiger partial charge >= 0.3 is 5.97 Å². The molecule has 100 valence electrons. The van der Waals surface area contributed by atoms with Gasteiger partial charge in [0.1, 0.15) is 0 Å². The average Bonchev–Trinajstić information content (AvgIpc) is 2.32. The molecule has 0 heterocycles. The third-order valence-corrected chi connectivity index (χ3v) is 3.07. The van der Waals surface area contributed by atoms with Crippen LogP contribution in [0.2, 0.25) is 0 Å². The van der Waals surface area contributed by atoms with Crippen molar-refractivity contribution in [2.24, 2.45) is 5.73 Å². The zero-order chi connectivity index (χ0) is 13.9. The highest BCUT2D eigenvalue weighted by Crippen LogP contribution is 2.38. The maximum Gasteiger partial charge on any atom is 0.303 e. The lowest BCUT2D eigenvalue weighted by atomic mass is 9.96. The summed E-state index contributed by atoms with van der Waals surface area (Å²) in [6.07, 6.45) is 0.283. The number of benzene rings is 1. The van der Waals surface area contributed by atoms with Crippen LogP contribution in [0.15, 0.2) is 6.07 Å². The molecule has 0 amide bonds. The average molecular weight is 253 g/mol. The number of hydrogen-bond donors (Lipinski definition) is 3. The number of aryl methyl sites for hydroxylation is 1. The van der Waals surface area contributed by atoms with Crippen LogP contribution in [-0.4, -0.2) is 23.3 Å². The number of aliphatic carboxylic acids is 1. The van der Waals surface area contributed by atoms with E-state index in [2.05, 4.69) is 0 Å². The number of rotatable bonds is 5. The number of nitrogens with two attached hydrogens (primary N) is 1. The van der Waals surface area contributed by atoms with E-state index >= 15 is 0 Å². The molecule has 0 saturated heterocycles. The van der Waals surface area contributed by atoms with Crippen molar-refractivity contribution >= 4 is 5.97 Å². The predicted molar refractivity (Wildman–Crippen MR) is 67.9 cm³/mol. The minimum Gasteiger partial charge on any atom is -0.504 e. The number of methoxy groups -OCH3 is 1. The van der Waals surface area contributed by atoms with Crippen LogP contribution in [0.3, 0.4) is 0 Å². The predicted octanol–water partition coefficient (Wildman–Crippen LogP) is 1.88. The Kier molecular flexibility index (Phi) is 4.55. The normalized spacial score (nSPS) is 12.2. The lowest BCUT2D eigenvalue weighted by Crippen LogP contribution is -2.14. The van der Waals surface area contributed by atoms with Gasteiger partial charge in [0.2, 0.25) is 0 Å². The minimum absolute atomic E-state index is 0.0159. The molecular weight excluding hydrogens is 234 g/mol. The quantitative estimate of drug-likeness (QED) is 0.745. The van der Waals surface area contributed by atoms with Gasteiger partial charge in [-0.2, -0.15) is 0 Å². The second-order valence-corrected chi connectivity index (χ2v) is 4.33. The molecule has 1 rings (SSSR count). The van der Waals surface area contributed by atoms with E-state index in [1.165, 1.54) is 7.11 Å². The lowest BCUT2D eigenvalue weighted by molar-refractivity contribution is -0.137. The fraction of sp³-hybridized carbons (Fsp3) is 0.462. The van der Waals surface area contributed by atoms with E-state index in [0.29, 0.717) is 17.7 Å². The highest BCUT2D eigenvalue weighted by Gasteiger charge is 2.19. The fourth-order valence-corrected chi connectivity index (χ4v) is 1.83. The van der Waals surface area contributed by atoms with Crippen LogP contribution < -0.4 is 10.5 Å². The molecule has 0 aliphatic rings. The molecule has 0 saturated carbocycles. The number of hydrogen-bond acceptors (Lipinski definition) is 4. The van der Waals surface area contributed by atoms with E-state index in [9.17, 15) is 9.90 Å². The molecule has 1 aromatic carbocycles. The van der Waals surface area contributed by atoms with Gasteiger partial charge in [0.15, 0.2) is 11.5 Å². The number of phenolic OH excluding ortho intramolecular Hbond substituents is 1. The van der Waals surface area contributed by atoms with E-state index in [1.54, 1.807) is 6.92 Å². The van der Waals surface area contributed by atoms with Crippen LogP contribution in [0.25, 0.3) is 0 Å². The molecule has 1 aromatic rings. The maximum atomic E-state index is 10.5. The van der Waals surface area contributed by atoms with Crippen molar-refractivity contribution in [1.82, 2.24) is 0 Å². The topological polar surface area (TPSA) is 92.8 Å². The third-order valence-electron chi connectivity index (χ3n) is 3.07. The summed E-state index contributed by atoms with van der Waals surface area (Å²) in [5, 5.41) is 18.6. The Hall–Kier alpha value is -1.75. The zero-order valence-corrected chi connectivity index (χ0v) is 10.9. The summed E-state index contributed by atoms with van der Waals surface area (Å²) in [6, 6.07) is 1.36. The number of phenols is 1. The van der Waals surface area contributed by atoms with Crippen LogP contribution in [0, 0.1) is 13.8 Å². The van der Waals surface area contributed by atoms with Gasteiger partial charge in [-0.05, 0) is 31.4 Å². The Morgan fingerprint density at radius 1 is 1.50 bits per heavy atom. The van der Waals surface area contributed by atoms with E-state index in [0.717, 1.165) is 11.1 Å². The molecule has 4 N–H and O–H groups in total. The first-order chi connectivity index (χ1) is 8.38. The fourth-order valence-electron chi connectivity index (χ4n) is 1.83. The molecule has 5 nitrogen and oxygen atoms in total. The molecule has 0 aromatic heterocycles. The van der Waals surface area contributed by atoms with E-state index in [1.807, 2.05) is 13.0 Å². The summed E-state index contributed by atoms with van der Waals surface area (Å²) < 4.78 is 5.16. The van der Waals surface area contributed by atoms with E-state index in [-0.39, 0.29) is 12.2 Å². The first-order valence-electron chi connectivity index (χ1n) is 5.72. The molecule has 0 aliphatic carbocycles. The summed E-state index contributed by atoms with van der Waals surface area (Å²) in [5.74, 6) is -0.494. The molecule has 0 bridgehead atoms. The Morgan fingerprint density at radius 2 is 2.11 bits per heavy atom. The monoisotopic (exact) mass is 253 g/mol. The van der Waals surface area contributed by atoms with E-state index in [4.69, 9.17) is 15.6 Å². The molecule has 1 unspecified atom stereocenters. The summed E-state index contributed by atoms with van der Waals surface area (Å²) >= 11 is 0. The largest absolute Gasteiger partial charge is 0.504 e. The second kappa shape index (κ2) is 5.73. The standard InChI is InChI=1S/C13H19NO4/c1-7-6-9(10(14)4-5-11(15)16)13(18-3)12(17)8(7)2/h6,10,17H,4-5,14H2,1-3H3,(H,15,16). The van der Waals surface area contributed by atoms with Gasteiger partial charge in [-0.3, -0.25) is 4.79 Å². The molecule has 0 spiro atoms. The van der Waals surface area contributed by atoms with Crippen LogP contribution in [0.1, 0.15) is 35.6 Å². The minimum atomic E-state index is -0.891. The first-order valence-corrected chi connectivity index (χ1v) is 5.72. The van der Waals surface area contributed by atoms with Crippen molar-refractivity contribution in [3.8, 4) is 11.5 Å². The Bertz CT molecular complexity index is 457. The summed E-state index contributed by atoms with van der Waals surface area (Å²) in [5.41, 5.74) is 8.23. The van der Waals surface area contributed by atoms with Crippen LogP contribution in [0.4, 0.5) is 0 Å². The smallest absolute Gasteiger partial charge is 0.303 e. The summed E-state index contributed by atoms with van der Waals surface area (Å²) in [4.78, 5) is 10.5. The lowest BCUT2D eigenvalue weighted by Gasteiger charge is -2.18. The van der Waals surface area contributed by atoms with Crippen molar-refractivity contribution in [1.29, 1.82) is 0 Å². The highest BCUT2D eigenvalue weighted by atomic mass is 16.5. The Labute approximate surface area is 106 Å². The summed E-state index contributed by atoms with van der Waals surface area (Å²) in [6.45, 7) is 3.65. The van der Waals surface area contributed by atoms with Crippen molar-refractivity contribution in [3.05, 3.63) is 22.8 Å². The number of ether oxygens (including phenoxy) is 1. The van der Waals surface area contributed by atoms with Crippen molar-refractivity contribution < 1.29 is 19.7 Å². The van der Waals surface area contributed by atoms with Gasteiger partial charge in [-0.15, -0.1) is 0 Å². The van der Waals surface area contributed by atoms with Crippen molar-refractivity contribution in [3.63, 3.8) is 0 Å². The Balaban J connectivity index is 3.11.